The number of halogens is 1. The Morgan fingerprint density at radius 3 is 2.53 bits per heavy atom. The van der Waals surface area contributed by atoms with E-state index in [1.54, 1.807) is 24.3 Å². The molecule has 1 fully saturated rings. The van der Waals surface area contributed by atoms with Gasteiger partial charge in [0.05, 0.1) is 5.52 Å². The molecule has 6 heteroatoms. The molecule has 4 aromatic rings. The normalized spacial score (nSPS) is 14.1. The van der Waals surface area contributed by atoms with Crippen LogP contribution in [0.2, 0.25) is 0 Å². The van der Waals surface area contributed by atoms with Crippen LogP contribution in [0, 0.1) is 11.7 Å². The fourth-order valence-corrected chi connectivity index (χ4v) is 5.03. The Hall–Kier alpha value is -3.80. The van der Waals surface area contributed by atoms with Crippen molar-refractivity contribution in [3.8, 4) is 11.1 Å². The standard InChI is InChI=1S/C30H31FN4O/c1-35(30(36)22-10-6-3-7-11-22)19-25-16-23(12-14-27(25)31)24-13-15-28-26(17-24)29(34-20-33-28)32-18-21-8-4-2-5-9-21/h2,4-5,8-9,12-17,20,22H,3,6-7,10-11,18-19H2,1H3,(H,32,33,34). The highest BCUT2D eigenvalue weighted by Gasteiger charge is 2.24. The third-order valence-electron chi connectivity index (χ3n) is 7.06. The van der Waals surface area contributed by atoms with Gasteiger partial charge in [0.25, 0.3) is 0 Å². The predicted octanol–water partition coefficient (Wildman–Crippen LogP) is 6.59. The van der Waals surface area contributed by atoms with Crippen molar-refractivity contribution < 1.29 is 9.18 Å². The Bertz CT molecular complexity index is 1350. The van der Waals surface area contributed by atoms with E-state index in [4.69, 9.17) is 0 Å². The Morgan fingerprint density at radius 1 is 0.972 bits per heavy atom. The van der Waals surface area contributed by atoms with Crippen LogP contribution in [0.3, 0.4) is 0 Å². The molecule has 1 aliphatic carbocycles. The monoisotopic (exact) mass is 482 g/mol. The van der Waals surface area contributed by atoms with Crippen molar-refractivity contribution in [3.05, 3.63) is 90.0 Å². The number of hydrogen-bond donors (Lipinski definition) is 1. The molecule has 1 amide bonds. The summed E-state index contributed by atoms with van der Waals surface area (Å²) in [4.78, 5) is 23.5. The topological polar surface area (TPSA) is 58.1 Å². The molecule has 0 radical (unpaired) electrons. The van der Waals surface area contributed by atoms with Crippen LogP contribution in [0.1, 0.15) is 43.2 Å². The van der Waals surface area contributed by atoms with Gasteiger partial charge in [0.15, 0.2) is 0 Å². The molecule has 0 aliphatic heterocycles. The number of fused-ring (bicyclic) bond motifs is 1. The van der Waals surface area contributed by atoms with Crippen LogP contribution in [-0.2, 0) is 17.9 Å². The van der Waals surface area contributed by atoms with Gasteiger partial charge in [-0.05, 0) is 53.8 Å². The van der Waals surface area contributed by atoms with Crippen LogP contribution < -0.4 is 5.32 Å². The summed E-state index contributed by atoms with van der Waals surface area (Å²) < 4.78 is 14.8. The first-order valence-electron chi connectivity index (χ1n) is 12.6. The van der Waals surface area contributed by atoms with Crippen LogP contribution in [0.5, 0.6) is 0 Å². The van der Waals surface area contributed by atoms with Gasteiger partial charge in [-0.1, -0.05) is 61.7 Å². The number of nitrogens with one attached hydrogen (secondary N) is 1. The molecular weight excluding hydrogens is 451 g/mol. The quantitative estimate of drug-likeness (QED) is 0.323. The van der Waals surface area contributed by atoms with Crippen LogP contribution >= 0.6 is 0 Å². The van der Waals surface area contributed by atoms with E-state index in [0.29, 0.717) is 12.1 Å². The lowest BCUT2D eigenvalue weighted by Gasteiger charge is -2.26. The van der Waals surface area contributed by atoms with Crippen molar-refractivity contribution in [2.45, 2.75) is 45.2 Å². The summed E-state index contributed by atoms with van der Waals surface area (Å²) in [6.45, 7) is 0.912. The fraction of sp³-hybridized carbons (Fsp3) is 0.300. The fourth-order valence-electron chi connectivity index (χ4n) is 5.03. The number of anilines is 1. The van der Waals surface area contributed by atoms with Gasteiger partial charge in [-0.2, -0.15) is 0 Å². The molecule has 0 spiro atoms. The van der Waals surface area contributed by atoms with E-state index in [2.05, 4.69) is 27.4 Å². The zero-order chi connectivity index (χ0) is 24.9. The van der Waals surface area contributed by atoms with E-state index in [-0.39, 0.29) is 24.2 Å². The van der Waals surface area contributed by atoms with E-state index in [0.717, 1.165) is 59.1 Å². The highest BCUT2D eigenvalue weighted by atomic mass is 19.1. The van der Waals surface area contributed by atoms with E-state index >= 15 is 0 Å². The van der Waals surface area contributed by atoms with Crippen molar-refractivity contribution in [1.82, 2.24) is 14.9 Å². The Morgan fingerprint density at radius 2 is 1.72 bits per heavy atom. The van der Waals surface area contributed by atoms with Gasteiger partial charge in [-0.3, -0.25) is 4.79 Å². The molecule has 0 unspecified atom stereocenters. The number of benzene rings is 3. The summed E-state index contributed by atoms with van der Waals surface area (Å²) in [6.07, 6.45) is 6.83. The zero-order valence-corrected chi connectivity index (χ0v) is 20.6. The first-order chi connectivity index (χ1) is 17.6. The lowest BCUT2D eigenvalue weighted by atomic mass is 9.88. The van der Waals surface area contributed by atoms with Crippen molar-refractivity contribution in [1.29, 1.82) is 0 Å². The Labute approximate surface area is 211 Å². The summed E-state index contributed by atoms with van der Waals surface area (Å²) in [5.41, 5.74) is 4.36. The van der Waals surface area contributed by atoms with E-state index < -0.39 is 0 Å². The number of hydrogen-bond acceptors (Lipinski definition) is 4. The molecule has 0 saturated heterocycles. The van der Waals surface area contributed by atoms with Crippen molar-refractivity contribution in [3.63, 3.8) is 0 Å². The zero-order valence-electron chi connectivity index (χ0n) is 20.6. The maximum absolute atomic E-state index is 14.8. The molecule has 3 aromatic carbocycles. The summed E-state index contributed by atoms with van der Waals surface area (Å²) in [7, 11) is 1.78. The van der Waals surface area contributed by atoms with Crippen LogP contribution in [0.15, 0.2) is 73.1 Å². The van der Waals surface area contributed by atoms with E-state index in [9.17, 15) is 9.18 Å². The second-order valence-electron chi connectivity index (χ2n) is 9.63. The number of carbonyl (C=O) groups is 1. The summed E-state index contributed by atoms with van der Waals surface area (Å²) >= 11 is 0. The molecule has 0 bridgehead atoms. The van der Waals surface area contributed by atoms with E-state index in [1.165, 1.54) is 12.5 Å². The van der Waals surface area contributed by atoms with Crippen LogP contribution in [0.4, 0.5) is 10.2 Å². The number of aromatic nitrogens is 2. The molecule has 5 nitrogen and oxygen atoms in total. The third kappa shape index (κ3) is 5.38. The average molecular weight is 483 g/mol. The minimum absolute atomic E-state index is 0.0669. The number of rotatable bonds is 7. The van der Waals surface area contributed by atoms with E-state index in [1.807, 2.05) is 42.5 Å². The minimum Gasteiger partial charge on any atom is -0.365 e. The Balaban J connectivity index is 1.38. The molecule has 1 aromatic heterocycles. The van der Waals surface area contributed by atoms with Crippen molar-refractivity contribution in [2.75, 3.05) is 12.4 Å². The first kappa shape index (κ1) is 23.9. The highest BCUT2D eigenvalue weighted by Crippen LogP contribution is 2.30. The van der Waals surface area contributed by atoms with Gasteiger partial charge < -0.3 is 10.2 Å². The van der Waals surface area contributed by atoms with Crippen molar-refractivity contribution in [2.24, 2.45) is 5.92 Å². The maximum Gasteiger partial charge on any atom is 0.225 e. The summed E-state index contributed by atoms with van der Waals surface area (Å²) in [6, 6.07) is 21.3. The number of nitrogens with zero attached hydrogens (tertiary/aromatic N) is 3. The molecular formula is C30H31FN4O. The molecule has 1 saturated carbocycles. The number of carbonyl (C=O) groups excluding carboxylic acids is 1. The Kier molecular flexibility index (Phi) is 7.21. The van der Waals surface area contributed by atoms with Gasteiger partial charge in [0.2, 0.25) is 5.91 Å². The smallest absolute Gasteiger partial charge is 0.225 e. The van der Waals surface area contributed by atoms with Gasteiger partial charge >= 0.3 is 0 Å². The minimum atomic E-state index is -0.295. The third-order valence-corrected chi connectivity index (χ3v) is 7.06. The average Bonchev–Trinajstić information content (AvgIpc) is 2.93. The number of amides is 1. The molecule has 184 valence electrons. The highest BCUT2D eigenvalue weighted by molar-refractivity contribution is 5.92. The maximum atomic E-state index is 14.8. The molecule has 1 aliphatic rings. The largest absolute Gasteiger partial charge is 0.365 e. The van der Waals surface area contributed by atoms with Crippen molar-refractivity contribution >= 4 is 22.6 Å². The second-order valence-corrected chi connectivity index (χ2v) is 9.63. The molecule has 1 N–H and O–H groups in total. The SMILES string of the molecule is CN(Cc1cc(-c2ccc3ncnc(NCc4ccccc4)c3c2)ccc1F)C(=O)C1CCCCC1. The molecule has 1 heterocycles. The molecule has 36 heavy (non-hydrogen) atoms. The summed E-state index contributed by atoms with van der Waals surface area (Å²) in [5.74, 6) is 0.649. The van der Waals surface area contributed by atoms with Crippen LogP contribution in [-0.4, -0.2) is 27.8 Å². The van der Waals surface area contributed by atoms with Gasteiger partial charge in [-0.25, -0.2) is 14.4 Å². The lowest BCUT2D eigenvalue weighted by Crippen LogP contribution is -2.33. The molecule has 5 rings (SSSR count). The van der Waals surface area contributed by atoms with Crippen LogP contribution in [0.25, 0.3) is 22.0 Å². The molecule has 0 atom stereocenters. The predicted molar refractivity (Wildman–Crippen MR) is 142 cm³/mol. The second kappa shape index (κ2) is 10.9. The summed E-state index contributed by atoms with van der Waals surface area (Å²) in [5, 5.41) is 4.32. The first-order valence-corrected chi connectivity index (χ1v) is 12.6. The van der Waals surface area contributed by atoms with Gasteiger partial charge in [0, 0.05) is 37.0 Å². The lowest BCUT2D eigenvalue weighted by molar-refractivity contribution is -0.135. The van der Waals surface area contributed by atoms with Gasteiger partial charge in [-0.15, -0.1) is 0 Å². The van der Waals surface area contributed by atoms with Gasteiger partial charge in [0.1, 0.15) is 18.0 Å².